The number of hydrogen-bond donors (Lipinski definition) is 0. The molecule has 27 heavy (non-hydrogen) atoms. The van der Waals surface area contributed by atoms with Crippen molar-refractivity contribution in [2.24, 2.45) is 4.99 Å². The van der Waals surface area contributed by atoms with Gasteiger partial charge in [0.15, 0.2) is 0 Å². The van der Waals surface area contributed by atoms with Crippen LogP contribution >= 0.6 is 7.92 Å². The molecule has 0 amide bonds. The summed E-state index contributed by atoms with van der Waals surface area (Å²) in [6.07, 6.45) is 14.6. The number of aliphatic imine (C=N–C) groups is 1. The predicted octanol–water partition coefficient (Wildman–Crippen LogP) is 7.68. The van der Waals surface area contributed by atoms with Crippen molar-refractivity contribution in [2.75, 3.05) is 6.16 Å². The second-order valence-electron chi connectivity index (χ2n) is 10.4. The van der Waals surface area contributed by atoms with Crippen molar-refractivity contribution in [1.29, 1.82) is 0 Å². The molecule has 0 radical (unpaired) electrons. The molecule has 162 valence electrons. The fraction of sp³-hybridized carbons (Fsp3) is 0.913. The molecule has 0 heterocycles. The SMILES string of the molecule is CC(C)(C)[PH+](CC(=NC1CCCCC1)[N-]C1CCCCC1)C(C)(C)C.[CH3-].[Ni+2]. The van der Waals surface area contributed by atoms with Gasteiger partial charge in [-0.3, -0.25) is 0 Å². The summed E-state index contributed by atoms with van der Waals surface area (Å²) in [5.41, 5.74) is 0. The van der Waals surface area contributed by atoms with Crippen LogP contribution in [0.4, 0.5) is 0 Å². The molecule has 0 spiro atoms. The Hall–Kier alpha value is 0.394. The fourth-order valence-electron chi connectivity index (χ4n) is 4.78. The molecule has 2 saturated carbocycles. The van der Waals surface area contributed by atoms with Crippen LogP contribution in [0, 0.1) is 7.43 Å². The van der Waals surface area contributed by atoms with Gasteiger partial charge in [-0.1, -0.05) is 70.0 Å². The third-order valence-corrected chi connectivity index (χ3v) is 10.2. The summed E-state index contributed by atoms with van der Waals surface area (Å²) >= 11 is 0. The molecule has 2 fully saturated rings. The van der Waals surface area contributed by atoms with E-state index in [0.717, 1.165) is 6.16 Å². The maximum atomic E-state index is 5.27. The molecule has 0 aromatic carbocycles. The van der Waals surface area contributed by atoms with Crippen molar-refractivity contribution in [1.82, 2.24) is 0 Å². The molecule has 4 heteroatoms. The zero-order valence-electron chi connectivity index (χ0n) is 19.1. The summed E-state index contributed by atoms with van der Waals surface area (Å²) in [7, 11) is -0.598. The molecule has 0 aromatic rings. The third kappa shape index (κ3) is 9.63. The van der Waals surface area contributed by atoms with Crippen LogP contribution in [-0.2, 0) is 16.5 Å². The number of amidine groups is 1. The van der Waals surface area contributed by atoms with Crippen molar-refractivity contribution in [3.63, 3.8) is 0 Å². The van der Waals surface area contributed by atoms with Crippen LogP contribution in [0.2, 0.25) is 0 Å². The van der Waals surface area contributed by atoms with Crippen molar-refractivity contribution in [3.8, 4) is 0 Å². The van der Waals surface area contributed by atoms with Gasteiger partial charge in [-0.15, -0.1) is 0 Å². The third-order valence-electron chi connectivity index (χ3n) is 5.96. The Morgan fingerprint density at radius 3 is 1.70 bits per heavy atom. The van der Waals surface area contributed by atoms with Gasteiger partial charge in [-0.05, 0) is 53.6 Å². The first-order valence-corrected chi connectivity index (χ1v) is 12.5. The topological polar surface area (TPSA) is 26.5 Å². The average molecular weight is 440 g/mol. The van der Waals surface area contributed by atoms with E-state index in [2.05, 4.69) is 41.5 Å². The van der Waals surface area contributed by atoms with Crippen LogP contribution in [0.25, 0.3) is 5.32 Å². The quantitative estimate of drug-likeness (QED) is 0.141. The van der Waals surface area contributed by atoms with Gasteiger partial charge in [0, 0.05) is 7.92 Å². The summed E-state index contributed by atoms with van der Waals surface area (Å²) in [6.45, 7) is 14.6. The maximum absolute atomic E-state index is 5.27. The monoisotopic (exact) mass is 439 g/mol. The minimum absolute atomic E-state index is 0. The molecular formula is C23H46N2NiP+. The van der Waals surface area contributed by atoms with Crippen LogP contribution in [0.3, 0.4) is 0 Å². The van der Waals surface area contributed by atoms with Crippen LogP contribution < -0.4 is 0 Å². The van der Waals surface area contributed by atoms with Gasteiger partial charge >= 0.3 is 16.5 Å². The van der Waals surface area contributed by atoms with E-state index >= 15 is 0 Å². The second kappa shape index (κ2) is 12.2. The fourth-order valence-corrected chi connectivity index (χ4v) is 8.59. The van der Waals surface area contributed by atoms with Crippen LogP contribution in [0.1, 0.15) is 106 Å². The predicted molar refractivity (Wildman–Crippen MR) is 124 cm³/mol. The standard InChI is InChI=1S/C22H42N2P.CH3.Ni/c1-21(2,3)25(22(4,5)6)17-20(23-18-13-9-7-10-14-18)24-19-15-11-8-12-16-19;;/h18-19H,7-17H2,1-6H3;1H3;/q2*-1;+2/p+1. The summed E-state index contributed by atoms with van der Waals surface area (Å²) in [5.74, 6) is 1.25. The first-order chi connectivity index (χ1) is 11.7. The largest absolute Gasteiger partial charge is 2.00 e. The van der Waals surface area contributed by atoms with Crippen LogP contribution in [-0.4, -0.2) is 34.4 Å². The molecule has 2 aliphatic carbocycles. The Morgan fingerprint density at radius 1 is 0.815 bits per heavy atom. The molecule has 0 unspecified atom stereocenters. The molecular weight excluding hydrogens is 394 g/mol. The zero-order chi connectivity index (χ0) is 18.5. The number of hydrogen-bond acceptors (Lipinski definition) is 1. The van der Waals surface area contributed by atoms with Crippen molar-refractivity contribution < 1.29 is 16.5 Å². The Bertz CT molecular complexity index is 411. The summed E-state index contributed by atoms with van der Waals surface area (Å²) in [6, 6.07) is 1.11. The molecule has 0 N–H and O–H groups in total. The van der Waals surface area contributed by atoms with E-state index in [0.29, 0.717) is 22.4 Å². The summed E-state index contributed by atoms with van der Waals surface area (Å²) < 4.78 is 0. The van der Waals surface area contributed by atoms with Crippen molar-refractivity contribution >= 4 is 13.8 Å². The van der Waals surface area contributed by atoms with Gasteiger partial charge in [0.1, 0.15) is 0 Å². The molecule has 0 aliphatic heterocycles. The number of nitrogens with zero attached hydrogens (tertiary/aromatic N) is 2. The molecule has 0 aromatic heterocycles. The summed E-state index contributed by atoms with van der Waals surface area (Å²) in [4.78, 5) is 5.27. The maximum Gasteiger partial charge on any atom is 2.00 e. The van der Waals surface area contributed by atoms with Crippen molar-refractivity contribution in [2.45, 2.75) is 128 Å². The van der Waals surface area contributed by atoms with E-state index in [1.165, 1.54) is 70.0 Å². The minimum atomic E-state index is -0.598. The van der Waals surface area contributed by atoms with E-state index < -0.39 is 7.92 Å². The van der Waals surface area contributed by atoms with Crippen molar-refractivity contribution in [3.05, 3.63) is 12.7 Å². The van der Waals surface area contributed by atoms with E-state index in [4.69, 9.17) is 10.3 Å². The van der Waals surface area contributed by atoms with Crippen LogP contribution in [0.5, 0.6) is 0 Å². The van der Waals surface area contributed by atoms with Gasteiger partial charge in [-0.2, -0.15) is 0 Å². The van der Waals surface area contributed by atoms with Gasteiger partial charge in [0.05, 0.1) is 16.5 Å². The molecule has 2 nitrogen and oxygen atoms in total. The first kappa shape index (κ1) is 27.4. The zero-order valence-corrected chi connectivity index (χ0v) is 21.1. The smallest absolute Gasteiger partial charge is 0.463 e. The van der Waals surface area contributed by atoms with Gasteiger partial charge in [0.25, 0.3) is 0 Å². The van der Waals surface area contributed by atoms with E-state index in [1.807, 2.05) is 0 Å². The van der Waals surface area contributed by atoms with Gasteiger partial charge < -0.3 is 17.7 Å². The Balaban J connectivity index is 0.00000338. The van der Waals surface area contributed by atoms with Crippen LogP contribution in [0.15, 0.2) is 4.99 Å². The molecule has 2 aliphatic rings. The number of rotatable bonds is 4. The Labute approximate surface area is 182 Å². The second-order valence-corrected chi connectivity index (χ2v) is 14.7. The van der Waals surface area contributed by atoms with Gasteiger partial charge in [-0.25, -0.2) is 0 Å². The van der Waals surface area contributed by atoms with E-state index in [1.54, 1.807) is 0 Å². The van der Waals surface area contributed by atoms with Gasteiger partial charge in [0.2, 0.25) is 0 Å². The first-order valence-electron chi connectivity index (χ1n) is 10.8. The molecule has 0 saturated heterocycles. The Morgan fingerprint density at radius 2 is 1.26 bits per heavy atom. The molecule has 0 atom stereocenters. The minimum Gasteiger partial charge on any atom is -0.463 e. The average Bonchev–Trinajstić information content (AvgIpc) is 2.52. The van der Waals surface area contributed by atoms with E-state index in [-0.39, 0.29) is 23.9 Å². The Kier molecular flexibility index (Phi) is 12.3. The molecule has 2 rings (SSSR count). The molecule has 0 bridgehead atoms. The van der Waals surface area contributed by atoms with E-state index in [9.17, 15) is 0 Å². The summed E-state index contributed by atoms with van der Waals surface area (Å²) in [5, 5.41) is 6.05. The normalized spacial score (nSPS) is 20.8.